The average molecular weight is 244 g/mol. The molecule has 5 heteroatoms. The van der Waals surface area contributed by atoms with Gasteiger partial charge < -0.3 is 9.84 Å². The number of hydrogen-bond acceptors (Lipinski definition) is 4. The molecule has 16 heavy (non-hydrogen) atoms. The molecule has 0 aliphatic carbocycles. The lowest BCUT2D eigenvalue weighted by Gasteiger charge is -2.08. The molecule has 0 saturated heterocycles. The van der Waals surface area contributed by atoms with Crippen molar-refractivity contribution in [2.24, 2.45) is 0 Å². The highest BCUT2D eigenvalue weighted by atomic mass is 32.2. The van der Waals surface area contributed by atoms with Crippen LogP contribution in [0.15, 0.2) is 29.2 Å². The number of hydrogen-bond donors (Lipinski definition) is 1. The van der Waals surface area contributed by atoms with Gasteiger partial charge in [0.1, 0.15) is 5.82 Å². The van der Waals surface area contributed by atoms with Gasteiger partial charge in [0, 0.05) is 10.6 Å². The molecule has 0 aliphatic heterocycles. The van der Waals surface area contributed by atoms with Crippen LogP contribution in [-0.4, -0.2) is 30.0 Å². The largest absolute Gasteiger partial charge is 0.469 e. The summed E-state index contributed by atoms with van der Waals surface area (Å²) >= 11 is 1.37. The van der Waals surface area contributed by atoms with Crippen LogP contribution >= 0.6 is 11.8 Å². The molecule has 0 aliphatic rings. The normalized spacial score (nSPS) is 12.2. The van der Waals surface area contributed by atoms with Gasteiger partial charge in [-0.1, -0.05) is 0 Å². The molecule has 1 rings (SSSR count). The molecule has 1 aromatic rings. The average Bonchev–Trinajstić information content (AvgIpc) is 2.28. The maximum Gasteiger partial charge on any atom is 0.308 e. The number of carbonyl (C=O) groups excluding carboxylic acids is 1. The van der Waals surface area contributed by atoms with Crippen LogP contribution in [0.5, 0.6) is 0 Å². The third-order valence-corrected chi connectivity index (χ3v) is 3.04. The third kappa shape index (κ3) is 4.63. The summed E-state index contributed by atoms with van der Waals surface area (Å²) in [5.41, 5.74) is 0. The number of halogens is 1. The Morgan fingerprint density at radius 2 is 2.12 bits per heavy atom. The SMILES string of the molecule is COC(=O)C[C@@H](O)CSc1ccc(F)cc1. The molecule has 0 amide bonds. The van der Waals surface area contributed by atoms with Crippen LogP contribution in [0.1, 0.15) is 6.42 Å². The Hall–Kier alpha value is -1.07. The van der Waals surface area contributed by atoms with E-state index >= 15 is 0 Å². The van der Waals surface area contributed by atoms with E-state index in [0.717, 1.165) is 4.90 Å². The Balaban J connectivity index is 2.34. The Kier molecular flexibility index (Phi) is 5.28. The molecule has 1 aromatic carbocycles. The van der Waals surface area contributed by atoms with E-state index in [2.05, 4.69) is 4.74 Å². The standard InChI is InChI=1S/C11H13FO3S/c1-15-11(14)6-9(13)7-16-10-4-2-8(12)3-5-10/h2-5,9,13H,6-7H2,1H3/t9-/m1/s1. The zero-order valence-electron chi connectivity index (χ0n) is 8.85. The number of ether oxygens (including phenoxy) is 1. The van der Waals surface area contributed by atoms with Gasteiger partial charge in [0.15, 0.2) is 0 Å². The molecule has 0 bridgehead atoms. The zero-order chi connectivity index (χ0) is 12.0. The molecule has 0 fully saturated rings. The highest BCUT2D eigenvalue weighted by Gasteiger charge is 2.11. The van der Waals surface area contributed by atoms with Crippen molar-refractivity contribution < 1.29 is 19.0 Å². The van der Waals surface area contributed by atoms with Gasteiger partial charge in [-0.05, 0) is 24.3 Å². The molecule has 3 nitrogen and oxygen atoms in total. The molecule has 1 N–H and O–H groups in total. The lowest BCUT2D eigenvalue weighted by molar-refractivity contribution is -0.142. The molecule has 1 atom stereocenters. The molecule has 88 valence electrons. The Labute approximate surface area is 97.6 Å². The van der Waals surface area contributed by atoms with Gasteiger partial charge >= 0.3 is 5.97 Å². The van der Waals surface area contributed by atoms with Crippen LogP contribution in [-0.2, 0) is 9.53 Å². The van der Waals surface area contributed by atoms with Gasteiger partial charge in [0.25, 0.3) is 0 Å². The number of aliphatic hydroxyl groups is 1. The summed E-state index contributed by atoms with van der Waals surface area (Å²) in [6.45, 7) is 0. The van der Waals surface area contributed by atoms with E-state index in [9.17, 15) is 14.3 Å². The van der Waals surface area contributed by atoms with Gasteiger partial charge in [-0.3, -0.25) is 4.79 Å². The molecule has 0 unspecified atom stereocenters. The van der Waals surface area contributed by atoms with Gasteiger partial charge in [-0.25, -0.2) is 4.39 Å². The number of aliphatic hydroxyl groups excluding tert-OH is 1. The highest BCUT2D eigenvalue weighted by molar-refractivity contribution is 7.99. The summed E-state index contributed by atoms with van der Waals surface area (Å²) in [4.78, 5) is 11.7. The van der Waals surface area contributed by atoms with Gasteiger partial charge in [0.05, 0.1) is 19.6 Å². The summed E-state index contributed by atoms with van der Waals surface area (Å²) < 4.78 is 17.0. The lowest BCUT2D eigenvalue weighted by atomic mass is 10.3. The third-order valence-electron chi connectivity index (χ3n) is 1.89. The monoisotopic (exact) mass is 244 g/mol. The fourth-order valence-electron chi connectivity index (χ4n) is 1.06. The van der Waals surface area contributed by atoms with Crippen molar-refractivity contribution in [3.8, 4) is 0 Å². The maximum absolute atomic E-state index is 12.6. The fraction of sp³-hybridized carbons (Fsp3) is 0.364. The topological polar surface area (TPSA) is 46.5 Å². The molecule has 0 spiro atoms. The first-order valence-corrected chi connectivity index (χ1v) is 5.73. The van der Waals surface area contributed by atoms with E-state index in [1.807, 2.05) is 0 Å². The summed E-state index contributed by atoms with van der Waals surface area (Å²) in [6.07, 6.45) is -0.771. The van der Waals surface area contributed by atoms with E-state index in [1.165, 1.54) is 31.0 Å². The molecule has 0 radical (unpaired) electrons. The van der Waals surface area contributed by atoms with Crippen molar-refractivity contribution >= 4 is 17.7 Å². The summed E-state index contributed by atoms with van der Waals surface area (Å²) in [5.74, 6) is -0.354. The second kappa shape index (κ2) is 6.50. The van der Waals surface area contributed by atoms with Crippen molar-refractivity contribution in [3.05, 3.63) is 30.1 Å². The minimum atomic E-state index is -0.748. The van der Waals surface area contributed by atoms with Crippen molar-refractivity contribution in [1.82, 2.24) is 0 Å². The van der Waals surface area contributed by atoms with Crippen LogP contribution in [0.3, 0.4) is 0 Å². The van der Waals surface area contributed by atoms with E-state index in [0.29, 0.717) is 5.75 Å². The molecular weight excluding hydrogens is 231 g/mol. The van der Waals surface area contributed by atoms with Crippen molar-refractivity contribution in [2.45, 2.75) is 17.4 Å². The molecule has 0 heterocycles. The Morgan fingerprint density at radius 3 is 2.69 bits per heavy atom. The number of methoxy groups -OCH3 is 1. The van der Waals surface area contributed by atoms with E-state index in [4.69, 9.17) is 0 Å². The Morgan fingerprint density at radius 1 is 1.50 bits per heavy atom. The maximum atomic E-state index is 12.6. The van der Waals surface area contributed by atoms with E-state index in [-0.39, 0.29) is 12.2 Å². The first-order valence-electron chi connectivity index (χ1n) is 4.75. The minimum absolute atomic E-state index is 0.0231. The van der Waals surface area contributed by atoms with E-state index < -0.39 is 12.1 Å². The van der Waals surface area contributed by atoms with Gasteiger partial charge in [-0.15, -0.1) is 11.8 Å². The van der Waals surface area contributed by atoms with Crippen LogP contribution in [0, 0.1) is 5.82 Å². The smallest absolute Gasteiger partial charge is 0.308 e. The molecule has 0 saturated carbocycles. The predicted octanol–water partition coefficient (Wildman–Crippen LogP) is 1.84. The summed E-state index contributed by atoms with van der Waals surface area (Å²) in [5, 5.41) is 9.47. The van der Waals surface area contributed by atoms with Crippen LogP contribution in [0.4, 0.5) is 4.39 Å². The lowest BCUT2D eigenvalue weighted by Crippen LogP contribution is -2.16. The number of benzene rings is 1. The van der Waals surface area contributed by atoms with Gasteiger partial charge in [0.2, 0.25) is 0 Å². The highest BCUT2D eigenvalue weighted by Crippen LogP contribution is 2.19. The number of carbonyl (C=O) groups is 1. The molecule has 0 aromatic heterocycles. The second-order valence-electron chi connectivity index (χ2n) is 3.20. The number of rotatable bonds is 5. The van der Waals surface area contributed by atoms with Crippen molar-refractivity contribution in [2.75, 3.05) is 12.9 Å². The first-order chi connectivity index (χ1) is 7.61. The summed E-state index contributed by atoms with van der Waals surface area (Å²) in [6, 6.07) is 5.97. The second-order valence-corrected chi connectivity index (χ2v) is 4.29. The molecular formula is C11H13FO3S. The van der Waals surface area contributed by atoms with E-state index in [1.54, 1.807) is 12.1 Å². The quantitative estimate of drug-likeness (QED) is 0.634. The van der Waals surface area contributed by atoms with Crippen LogP contribution in [0.2, 0.25) is 0 Å². The van der Waals surface area contributed by atoms with Crippen molar-refractivity contribution in [1.29, 1.82) is 0 Å². The first kappa shape index (κ1) is 13.0. The summed E-state index contributed by atoms with van der Waals surface area (Å²) in [7, 11) is 1.28. The van der Waals surface area contributed by atoms with Gasteiger partial charge in [-0.2, -0.15) is 0 Å². The predicted molar refractivity (Wildman–Crippen MR) is 59.8 cm³/mol. The van der Waals surface area contributed by atoms with Crippen LogP contribution < -0.4 is 0 Å². The van der Waals surface area contributed by atoms with Crippen molar-refractivity contribution in [3.63, 3.8) is 0 Å². The zero-order valence-corrected chi connectivity index (χ0v) is 9.67. The Bertz CT molecular complexity index is 340. The number of thioether (sulfide) groups is 1. The number of esters is 1. The van der Waals surface area contributed by atoms with Crippen LogP contribution in [0.25, 0.3) is 0 Å². The minimum Gasteiger partial charge on any atom is -0.469 e. The fourth-order valence-corrected chi connectivity index (χ4v) is 1.89.